The summed E-state index contributed by atoms with van der Waals surface area (Å²) < 4.78 is 0. The lowest BCUT2D eigenvalue weighted by atomic mass is 10.1. The Bertz CT molecular complexity index is 90.9. The average Bonchev–Trinajstić information content (AvgIpc) is 1.82. The molecule has 0 amide bonds. The van der Waals surface area contributed by atoms with E-state index in [9.17, 15) is 4.79 Å². The second kappa shape index (κ2) is 4.86. The Morgan fingerprint density at radius 2 is 2.22 bits per heavy atom. The molecule has 0 aliphatic carbocycles. The van der Waals surface area contributed by atoms with Gasteiger partial charge in [0.15, 0.2) is 0 Å². The van der Waals surface area contributed by atoms with E-state index in [1.807, 2.05) is 18.7 Å². The minimum absolute atomic E-state index is 0.245. The number of rotatable bonds is 4. The normalized spacial score (nSPS) is 13.2. The first kappa shape index (κ1) is 9.02. The van der Waals surface area contributed by atoms with E-state index in [0.29, 0.717) is 5.78 Å². The molecule has 0 bridgehead atoms. The summed E-state index contributed by atoms with van der Waals surface area (Å²) >= 11 is 1.82. The molecule has 0 saturated heterocycles. The van der Waals surface area contributed by atoms with Crippen LogP contribution in [0.3, 0.4) is 0 Å². The van der Waals surface area contributed by atoms with Gasteiger partial charge in [0.1, 0.15) is 5.78 Å². The van der Waals surface area contributed by atoms with Crippen LogP contribution in [0.25, 0.3) is 0 Å². The number of Topliss-reactive ketones (excluding diaryl/α,β-unsaturated/α-hetero) is 1. The van der Waals surface area contributed by atoms with Gasteiger partial charge in [0.05, 0.1) is 0 Å². The molecule has 0 aromatic heterocycles. The first-order valence-electron chi connectivity index (χ1n) is 3.26. The van der Waals surface area contributed by atoms with Crippen LogP contribution in [-0.2, 0) is 4.79 Å². The number of thioether (sulfide) groups is 1. The fourth-order valence-corrected chi connectivity index (χ4v) is 1.24. The molecule has 0 aliphatic heterocycles. The molecule has 0 spiro atoms. The van der Waals surface area contributed by atoms with Crippen LogP contribution in [0, 0.1) is 5.92 Å². The van der Waals surface area contributed by atoms with Crippen LogP contribution in [-0.4, -0.2) is 17.3 Å². The third kappa shape index (κ3) is 4.52. The zero-order valence-electron chi connectivity index (χ0n) is 6.31. The molecule has 0 saturated carbocycles. The molecule has 0 rings (SSSR count). The van der Waals surface area contributed by atoms with Gasteiger partial charge >= 0.3 is 0 Å². The SMILES string of the molecule is CCSC[C@H](C)C(C)=O. The zero-order chi connectivity index (χ0) is 7.28. The predicted octanol–water partition coefficient (Wildman–Crippen LogP) is 1.96. The molecule has 0 N–H and O–H groups in total. The van der Waals surface area contributed by atoms with Gasteiger partial charge in [0.25, 0.3) is 0 Å². The van der Waals surface area contributed by atoms with Crippen LogP contribution in [0.1, 0.15) is 20.8 Å². The molecule has 1 atom stereocenters. The first-order chi connectivity index (χ1) is 4.18. The van der Waals surface area contributed by atoms with E-state index >= 15 is 0 Å². The van der Waals surface area contributed by atoms with Gasteiger partial charge in [-0.15, -0.1) is 0 Å². The fourth-order valence-electron chi connectivity index (χ4n) is 0.412. The first-order valence-corrected chi connectivity index (χ1v) is 4.42. The number of hydrogen-bond acceptors (Lipinski definition) is 2. The number of hydrogen-bond donors (Lipinski definition) is 0. The van der Waals surface area contributed by atoms with E-state index in [1.54, 1.807) is 6.92 Å². The molecule has 0 aromatic carbocycles. The monoisotopic (exact) mass is 146 g/mol. The molecule has 2 heteroatoms. The van der Waals surface area contributed by atoms with E-state index < -0.39 is 0 Å². The maximum Gasteiger partial charge on any atom is 0.133 e. The minimum Gasteiger partial charge on any atom is -0.300 e. The highest BCUT2D eigenvalue weighted by Gasteiger charge is 2.05. The molecule has 0 aromatic rings. The van der Waals surface area contributed by atoms with Gasteiger partial charge in [0.2, 0.25) is 0 Å². The molecular weight excluding hydrogens is 132 g/mol. The Labute approximate surface area is 61.2 Å². The van der Waals surface area contributed by atoms with Gasteiger partial charge in [-0.3, -0.25) is 4.79 Å². The Hall–Kier alpha value is 0.0200. The molecule has 0 radical (unpaired) electrons. The van der Waals surface area contributed by atoms with E-state index in [-0.39, 0.29) is 5.92 Å². The van der Waals surface area contributed by atoms with Gasteiger partial charge in [-0.1, -0.05) is 13.8 Å². The minimum atomic E-state index is 0.245. The molecule has 0 fully saturated rings. The lowest BCUT2D eigenvalue weighted by molar-refractivity contribution is -0.119. The van der Waals surface area contributed by atoms with Gasteiger partial charge in [-0.25, -0.2) is 0 Å². The summed E-state index contributed by atoms with van der Waals surface area (Å²) in [6.07, 6.45) is 0. The molecule has 1 nitrogen and oxygen atoms in total. The second-order valence-corrected chi connectivity index (χ2v) is 3.49. The van der Waals surface area contributed by atoms with Crippen LogP contribution >= 0.6 is 11.8 Å². The Kier molecular flexibility index (Phi) is 4.87. The summed E-state index contributed by atoms with van der Waals surface area (Å²) in [6.45, 7) is 5.74. The van der Waals surface area contributed by atoms with Gasteiger partial charge in [0, 0.05) is 11.7 Å². The molecule has 0 heterocycles. The smallest absolute Gasteiger partial charge is 0.133 e. The van der Waals surface area contributed by atoms with Crippen LogP contribution in [0.2, 0.25) is 0 Å². The van der Waals surface area contributed by atoms with Crippen molar-refractivity contribution in [3.8, 4) is 0 Å². The lowest BCUT2D eigenvalue weighted by Gasteiger charge is -2.03. The highest BCUT2D eigenvalue weighted by atomic mass is 32.2. The fraction of sp³-hybridized carbons (Fsp3) is 0.857. The summed E-state index contributed by atoms with van der Waals surface area (Å²) in [6, 6.07) is 0. The second-order valence-electron chi connectivity index (χ2n) is 2.17. The topological polar surface area (TPSA) is 17.1 Å². The van der Waals surface area contributed by atoms with Gasteiger partial charge in [-0.05, 0) is 12.7 Å². The van der Waals surface area contributed by atoms with Crippen molar-refractivity contribution in [2.45, 2.75) is 20.8 Å². The summed E-state index contributed by atoms with van der Waals surface area (Å²) in [7, 11) is 0. The van der Waals surface area contributed by atoms with Crippen LogP contribution in [0.5, 0.6) is 0 Å². The van der Waals surface area contributed by atoms with E-state index in [4.69, 9.17) is 0 Å². The molecule has 9 heavy (non-hydrogen) atoms. The maximum atomic E-state index is 10.6. The van der Waals surface area contributed by atoms with Crippen molar-refractivity contribution in [1.29, 1.82) is 0 Å². The highest BCUT2D eigenvalue weighted by Crippen LogP contribution is 2.07. The van der Waals surface area contributed by atoms with Crippen LogP contribution in [0.15, 0.2) is 0 Å². The Morgan fingerprint density at radius 1 is 1.67 bits per heavy atom. The molecular formula is C7H14OS. The van der Waals surface area contributed by atoms with Crippen molar-refractivity contribution in [3.63, 3.8) is 0 Å². The number of ketones is 1. The average molecular weight is 146 g/mol. The Balaban J connectivity index is 3.27. The third-order valence-corrected chi connectivity index (χ3v) is 2.41. The third-order valence-electron chi connectivity index (χ3n) is 1.27. The Morgan fingerprint density at radius 3 is 2.56 bits per heavy atom. The predicted molar refractivity (Wildman–Crippen MR) is 42.8 cm³/mol. The molecule has 0 aliphatic rings. The van der Waals surface area contributed by atoms with Crippen LogP contribution < -0.4 is 0 Å². The summed E-state index contributed by atoms with van der Waals surface area (Å²) in [5.41, 5.74) is 0. The van der Waals surface area contributed by atoms with Crippen molar-refractivity contribution in [1.82, 2.24) is 0 Å². The van der Waals surface area contributed by atoms with Crippen molar-refractivity contribution in [2.75, 3.05) is 11.5 Å². The standard InChI is InChI=1S/C7H14OS/c1-4-9-5-6(2)7(3)8/h6H,4-5H2,1-3H3/t6-/m0/s1. The lowest BCUT2D eigenvalue weighted by Crippen LogP contribution is -2.08. The van der Waals surface area contributed by atoms with Crippen molar-refractivity contribution in [3.05, 3.63) is 0 Å². The largest absolute Gasteiger partial charge is 0.300 e. The number of carbonyl (C=O) groups is 1. The van der Waals surface area contributed by atoms with E-state index in [2.05, 4.69) is 6.92 Å². The quantitative estimate of drug-likeness (QED) is 0.603. The van der Waals surface area contributed by atoms with E-state index in [0.717, 1.165) is 11.5 Å². The summed E-state index contributed by atoms with van der Waals surface area (Å²) in [4.78, 5) is 10.6. The highest BCUT2D eigenvalue weighted by molar-refractivity contribution is 7.99. The summed E-state index contributed by atoms with van der Waals surface area (Å²) in [5, 5.41) is 0. The zero-order valence-corrected chi connectivity index (χ0v) is 7.12. The number of carbonyl (C=O) groups excluding carboxylic acids is 1. The van der Waals surface area contributed by atoms with Crippen molar-refractivity contribution >= 4 is 17.5 Å². The van der Waals surface area contributed by atoms with Crippen LogP contribution in [0.4, 0.5) is 0 Å². The maximum absolute atomic E-state index is 10.6. The summed E-state index contributed by atoms with van der Waals surface area (Å²) in [5.74, 6) is 2.63. The molecule has 54 valence electrons. The van der Waals surface area contributed by atoms with Crippen molar-refractivity contribution < 1.29 is 4.79 Å². The van der Waals surface area contributed by atoms with Gasteiger partial charge in [-0.2, -0.15) is 11.8 Å². The van der Waals surface area contributed by atoms with Crippen molar-refractivity contribution in [2.24, 2.45) is 5.92 Å². The van der Waals surface area contributed by atoms with Gasteiger partial charge < -0.3 is 0 Å². The van der Waals surface area contributed by atoms with E-state index in [1.165, 1.54) is 0 Å². The molecule has 0 unspecified atom stereocenters.